The molecule has 1 amide bonds. The first-order valence-corrected chi connectivity index (χ1v) is 9.32. The molecule has 1 atom stereocenters. The predicted molar refractivity (Wildman–Crippen MR) is 97.8 cm³/mol. The molecule has 2 aliphatic heterocycles. The number of piperidine rings is 1. The summed E-state index contributed by atoms with van der Waals surface area (Å²) in [5.41, 5.74) is 0.734. The lowest BCUT2D eigenvalue weighted by Crippen LogP contribution is -2.46. The predicted octanol–water partition coefficient (Wildman–Crippen LogP) is 2.97. The van der Waals surface area contributed by atoms with Crippen LogP contribution < -0.4 is 10.1 Å². The van der Waals surface area contributed by atoms with Crippen molar-refractivity contribution in [2.45, 2.75) is 44.8 Å². The summed E-state index contributed by atoms with van der Waals surface area (Å²) in [5, 5.41) is 3.60. The number of benzene rings is 1. The molecule has 1 fully saturated rings. The van der Waals surface area contributed by atoms with Gasteiger partial charge < -0.3 is 19.7 Å². The van der Waals surface area contributed by atoms with E-state index in [1.54, 1.807) is 0 Å². The molecular weight excluding hydrogens is 316 g/mol. The van der Waals surface area contributed by atoms with E-state index in [2.05, 4.69) is 11.4 Å². The lowest BCUT2D eigenvalue weighted by molar-refractivity contribution is 0.0691. The van der Waals surface area contributed by atoms with Crippen molar-refractivity contribution < 1.29 is 14.3 Å². The summed E-state index contributed by atoms with van der Waals surface area (Å²) in [6.07, 6.45) is 8.33. The Morgan fingerprint density at radius 1 is 1.24 bits per heavy atom. The minimum Gasteiger partial charge on any atom is -0.497 e. The summed E-state index contributed by atoms with van der Waals surface area (Å²) in [6.45, 7) is 5.08. The summed E-state index contributed by atoms with van der Waals surface area (Å²) < 4.78 is 11.0. The Morgan fingerprint density at radius 3 is 2.64 bits per heavy atom. The number of carbonyl (C=O) groups excluding carboxylic acids is 1. The van der Waals surface area contributed by atoms with Crippen LogP contribution in [0.25, 0.3) is 0 Å². The maximum Gasteiger partial charge on any atom is 0.253 e. The first kappa shape index (κ1) is 17.8. The Bertz CT molecular complexity index is 577. The molecule has 0 aromatic heterocycles. The van der Waals surface area contributed by atoms with Crippen LogP contribution in [-0.4, -0.2) is 49.2 Å². The standard InChI is InChI=1S/C20H28N2O3/c1-2-24-18-8-6-16(7-9-18)20(23)22-12-10-17(11-13-22)21-15-19-5-3-4-14-25-19/h4,6-9,14,17,19,21H,2-3,5,10-13,15H2,1H3/t19-/m1/s1. The summed E-state index contributed by atoms with van der Waals surface area (Å²) in [7, 11) is 0. The second-order valence-corrected chi connectivity index (χ2v) is 6.64. The minimum atomic E-state index is 0.113. The van der Waals surface area contributed by atoms with Crippen molar-refractivity contribution in [1.82, 2.24) is 10.2 Å². The average molecular weight is 344 g/mol. The number of allylic oxidation sites excluding steroid dienone is 1. The van der Waals surface area contributed by atoms with Crippen LogP contribution >= 0.6 is 0 Å². The number of amides is 1. The molecule has 1 aromatic carbocycles. The van der Waals surface area contributed by atoms with Gasteiger partial charge in [0.15, 0.2) is 0 Å². The zero-order valence-electron chi connectivity index (χ0n) is 14.9. The molecule has 2 heterocycles. The lowest BCUT2D eigenvalue weighted by Gasteiger charge is -2.33. The average Bonchev–Trinajstić information content (AvgIpc) is 2.68. The zero-order chi connectivity index (χ0) is 17.5. The molecule has 0 saturated carbocycles. The number of likely N-dealkylation sites (tertiary alicyclic amines) is 1. The fraction of sp³-hybridized carbons (Fsp3) is 0.550. The minimum absolute atomic E-state index is 0.113. The number of carbonyl (C=O) groups is 1. The van der Waals surface area contributed by atoms with E-state index in [1.165, 1.54) is 0 Å². The van der Waals surface area contributed by atoms with Crippen LogP contribution in [0.1, 0.15) is 43.0 Å². The topological polar surface area (TPSA) is 50.8 Å². The largest absolute Gasteiger partial charge is 0.497 e. The number of rotatable bonds is 6. The fourth-order valence-electron chi connectivity index (χ4n) is 3.36. The van der Waals surface area contributed by atoms with Crippen molar-refractivity contribution in [3.8, 4) is 5.75 Å². The third-order valence-corrected chi connectivity index (χ3v) is 4.85. The first-order chi connectivity index (χ1) is 12.3. The van der Waals surface area contributed by atoms with E-state index in [-0.39, 0.29) is 12.0 Å². The molecule has 0 radical (unpaired) electrons. The fourth-order valence-corrected chi connectivity index (χ4v) is 3.36. The van der Waals surface area contributed by atoms with Crippen LogP contribution in [0.3, 0.4) is 0 Å². The van der Waals surface area contributed by atoms with Gasteiger partial charge in [0.25, 0.3) is 5.91 Å². The maximum absolute atomic E-state index is 12.6. The Balaban J connectivity index is 1.43. The van der Waals surface area contributed by atoms with Gasteiger partial charge in [0.1, 0.15) is 11.9 Å². The van der Waals surface area contributed by atoms with Gasteiger partial charge in [-0.25, -0.2) is 0 Å². The second-order valence-electron chi connectivity index (χ2n) is 6.64. The SMILES string of the molecule is CCOc1ccc(C(=O)N2CCC(NC[C@H]3CCC=CO3)CC2)cc1. The van der Waals surface area contributed by atoms with Crippen molar-refractivity contribution in [2.75, 3.05) is 26.2 Å². The third-order valence-electron chi connectivity index (χ3n) is 4.85. The highest BCUT2D eigenvalue weighted by Crippen LogP contribution is 2.17. The van der Waals surface area contributed by atoms with Gasteiger partial charge in [-0.2, -0.15) is 0 Å². The summed E-state index contributed by atoms with van der Waals surface area (Å²) >= 11 is 0. The number of nitrogens with one attached hydrogen (secondary N) is 1. The Hall–Kier alpha value is -2.01. The number of ether oxygens (including phenoxy) is 2. The van der Waals surface area contributed by atoms with E-state index in [0.29, 0.717) is 12.6 Å². The van der Waals surface area contributed by atoms with Crippen molar-refractivity contribution in [3.05, 3.63) is 42.2 Å². The van der Waals surface area contributed by atoms with Crippen LogP contribution in [0.15, 0.2) is 36.6 Å². The first-order valence-electron chi connectivity index (χ1n) is 9.32. The molecule has 5 heteroatoms. The third kappa shape index (κ3) is 4.98. The molecule has 0 aliphatic carbocycles. The molecule has 25 heavy (non-hydrogen) atoms. The molecule has 1 N–H and O–H groups in total. The van der Waals surface area contributed by atoms with Gasteiger partial charge in [-0.05, 0) is 62.9 Å². The quantitative estimate of drug-likeness (QED) is 0.862. The molecule has 136 valence electrons. The van der Waals surface area contributed by atoms with Gasteiger partial charge in [0.05, 0.1) is 12.9 Å². The van der Waals surface area contributed by atoms with Crippen molar-refractivity contribution in [2.24, 2.45) is 0 Å². The smallest absolute Gasteiger partial charge is 0.253 e. The Labute approximate surface area is 150 Å². The zero-order valence-corrected chi connectivity index (χ0v) is 14.9. The molecule has 0 spiro atoms. The van der Waals surface area contributed by atoms with E-state index < -0.39 is 0 Å². The summed E-state index contributed by atoms with van der Waals surface area (Å²) in [4.78, 5) is 14.6. The molecule has 0 bridgehead atoms. The molecule has 1 aromatic rings. The molecule has 0 unspecified atom stereocenters. The second kappa shape index (κ2) is 8.90. The van der Waals surface area contributed by atoms with E-state index in [1.807, 2.05) is 42.4 Å². The number of hydrogen-bond acceptors (Lipinski definition) is 4. The Morgan fingerprint density at radius 2 is 2.00 bits per heavy atom. The number of nitrogens with zero attached hydrogens (tertiary/aromatic N) is 1. The van der Waals surface area contributed by atoms with E-state index in [0.717, 1.165) is 56.6 Å². The number of hydrogen-bond donors (Lipinski definition) is 1. The van der Waals surface area contributed by atoms with Crippen LogP contribution in [0.5, 0.6) is 5.75 Å². The summed E-state index contributed by atoms with van der Waals surface area (Å²) in [6, 6.07) is 7.91. The van der Waals surface area contributed by atoms with Gasteiger partial charge in [0, 0.05) is 31.2 Å². The van der Waals surface area contributed by atoms with Crippen LogP contribution in [0.4, 0.5) is 0 Å². The van der Waals surface area contributed by atoms with Crippen LogP contribution in [-0.2, 0) is 4.74 Å². The normalized spacial score (nSPS) is 21.0. The van der Waals surface area contributed by atoms with E-state index >= 15 is 0 Å². The molecule has 2 aliphatic rings. The maximum atomic E-state index is 12.6. The van der Waals surface area contributed by atoms with Gasteiger partial charge >= 0.3 is 0 Å². The summed E-state index contributed by atoms with van der Waals surface area (Å²) in [5.74, 6) is 0.920. The van der Waals surface area contributed by atoms with E-state index in [4.69, 9.17) is 9.47 Å². The van der Waals surface area contributed by atoms with Crippen molar-refractivity contribution >= 4 is 5.91 Å². The van der Waals surface area contributed by atoms with E-state index in [9.17, 15) is 4.79 Å². The lowest BCUT2D eigenvalue weighted by atomic mass is 10.0. The highest BCUT2D eigenvalue weighted by atomic mass is 16.5. The van der Waals surface area contributed by atoms with Gasteiger partial charge in [-0.3, -0.25) is 4.79 Å². The molecule has 1 saturated heterocycles. The van der Waals surface area contributed by atoms with Crippen molar-refractivity contribution in [1.29, 1.82) is 0 Å². The molecular formula is C20H28N2O3. The van der Waals surface area contributed by atoms with Crippen LogP contribution in [0.2, 0.25) is 0 Å². The molecule has 5 nitrogen and oxygen atoms in total. The highest BCUT2D eigenvalue weighted by Gasteiger charge is 2.24. The monoisotopic (exact) mass is 344 g/mol. The molecule has 3 rings (SSSR count). The van der Waals surface area contributed by atoms with Crippen molar-refractivity contribution in [3.63, 3.8) is 0 Å². The van der Waals surface area contributed by atoms with Gasteiger partial charge in [-0.15, -0.1) is 0 Å². The van der Waals surface area contributed by atoms with Gasteiger partial charge in [0.2, 0.25) is 0 Å². The highest BCUT2D eigenvalue weighted by molar-refractivity contribution is 5.94. The Kier molecular flexibility index (Phi) is 6.34. The van der Waals surface area contributed by atoms with Gasteiger partial charge in [-0.1, -0.05) is 0 Å². The van der Waals surface area contributed by atoms with Crippen LogP contribution in [0, 0.1) is 0 Å².